The number of amides is 1. The molecule has 0 radical (unpaired) electrons. The van der Waals surface area contributed by atoms with Crippen molar-refractivity contribution in [1.82, 2.24) is 9.88 Å². The molecule has 2 N–H and O–H groups in total. The molecule has 15 heavy (non-hydrogen) atoms. The molecule has 0 aromatic carbocycles. The molecule has 0 aliphatic heterocycles. The quantitative estimate of drug-likeness (QED) is 0.742. The number of likely N-dealkylation sites (N-methyl/N-ethyl adjacent to an activating group) is 1. The van der Waals surface area contributed by atoms with Crippen LogP contribution < -0.4 is 5.32 Å². The second-order valence-corrected chi connectivity index (χ2v) is 3.12. The van der Waals surface area contributed by atoms with Gasteiger partial charge in [-0.25, -0.2) is 0 Å². The number of nitrogens with zero attached hydrogens (tertiary/aromatic N) is 2. The third-order valence-corrected chi connectivity index (χ3v) is 2.10. The van der Waals surface area contributed by atoms with E-state index >= 15 is 0 Å². The highest BCUT2D eigenvalue weighted by Crippen LogP contribution is 2.14. The Balaban J connectivity index is 2.90. The summed E-state index contributed by atoms with van der Waals surface area (Å²) < 4.78 is 0. The molecule has 0 spiro atoms. The highest BCUT2D eigenvalue weighted by Gasteiger charge is 2.14. The number of carbonyl (C=O) groups is 1. The maximum absolute atomic E-state index is 11.8. The van der Waals surface area contributed by atoms with Crippen molar-refractivity contribution < 1.29 is 9.90 Å². The highest BCUT2D eigenvalue weighted by atomic mass is 16.3. The first-order valence-electron chi connectivity index (χ1n) is 4.68. The summed E-state index contributed by atoms with van der Waals surface area (Å²) in [6.07, 6.45) is 3.14. The Bertz CT molecular complexity index is 341. The second-order valence-electron chi connectivity index (χ2n) is 3.12. The van der Waals surface area contributed by atoms with Crippen LogP contribution in [0, 0.1) is 0 Å². The van der Waals surface area contributed by atoms with Crippen LogP contribution in [0.2, 0.25) is 0 Å². The predicted molar refractivity (Wildman–Crippen MR) is 57.8 cm³/mol. The number of rotatable bonds is 4. The van der Waals surface area contributed by atoms with E-state index in [0.717, 1.165) is 5.69 Å². The monoisotopic (exact) mass is 209 g/mol. The van der Waals surface area contributed by atoms with Crippen LogP contribution in [0.1, 0.15) is 10.4 Å². The van der Waals surface area contributed by atoms with Gasteiger partial charge < -0.3 is 15.3 Å². The fourth-order valence-corrected chi connectivity index (χ4v) is 1.24. The summed E-state index contributed by atoms with van der Waals surface area (Å²) in [6, 6.07) is 1.74. The minimum Gasteiger partial charge on any atom is -0.395 e. The molecule has 1 rings (SSSR count). The molecular formula is C10H15N3O2. The van der Waals surface area contributed by atoms with Gasteiger partial charge in [0.05, 0.1) is 12.2 Å². The van der Waals surface area contributed by atoms with Crippen LogP contribution in [-0.2, 0) is 0 Å². The summed E-state index contributed by atoms with van der Waals surface area (Å²) in [5, 5.41) is 11.7. The Morgan fingerprint density at radius 1 is 1.67 bits per heavy atom. The van der Waals surface area contributed by atoms with E-state index in [2.05, 4.69) is 10.3 Å². The number of hydrogen-bond acceptors (Lipinski definition) is 4. The summed E-state index contributed by atoms with van der Waals surface area (Å²) in [4.78, 5) is 17.2. The predicted octanol–water partition coefficient (Wildman–Crippen LogP) is 0.188. The number of hydrogen-bond donors (Lipinski definition) is 2. The molecule has 0 unspecified atom stereocenters. The molecule has 0 saturated heterocycles. The molecule has 5 heteroatoms. The van der Waals surface area contributed by atoms with E-state index in [1.54, 1.807) is 26.4 Å². The van der Waals surface area contributed by atoms with Crippen molar-refractivity contribution >= 4 is 11.6 Å². The molecule has 5 nitrogen and oxygen atoms in total. The van der Waals surface area contributed by atoms with Crippen LogP contribution in [0.15, 0.2) is 18.5 Å². The van der Waals surface area contributed by atoms with E-state index in [0.29, 0.717) is 12.1 Å². The van der Waals surface area contributed by atoms with Gasteiger partial charge in [-0.05, 0) is 6.07 Å². The number of nitrogens with one attached hydrogen (secondary N) is 1. The normalized spacial score (nSPS) is 9.80. The molecule has 1 aromatic heterocycles. The van der Waals surface area contributed by atoms with Gasteiger partial charge in [-0.3, -0.25) is 9.78 Å². The van der Waals surface area contributed by atoms with Gasteiger partial charge in [0.2, 0.25) is 0 Å². The maximum Gasteiger partial charge on any atom is 0.257 e. The zero-order valence-corrected chi connectivity index (χ0v) is 8.90. The van der Waals surface area contributed by atoms with Gasteiger partial charge in [0.1, 0.15) is 0 Å². The lowest BCUT2D eigenvalue weighted by Crippen LogP contribution is -2.30. The summed E-state index contributed by atoms with van der Waals surface area (Å²) in [5.41, 5.74) is 1.25. The zero-order chi connectivity index (χ0) is 11.3. The number of aromatic nitrogens is 1. The van der Waals surface area contributed by atoms with Crippen molar-refractivity contribution in [2.45, 2.75) is 0 Å². The molecule has 0 fully saturated rings. The van der Waals surface area contributed by atoms with E-state index in [1.165, 1.54) is 11.1 Å². The first-order valence-corrected chi connectivity index (χ1v) is 4.68. The van der Waals surface area contributed by atoms with Gasteiger partial charge in [-0.1, -0.05) is 0 Å². The van der Waals surface area contributed by atoms with E-state index in [9.17, 15) is 4.79 Å². The molecule has 1 heterocycles. The molecular weight excluding hydrogens is 194 g/mol. The Morgan fingerprint density at radius 3 is 3.00 bits per heavy atom. The van der Waals surface area contributed by atoms with Gasteiger partial charge >= 0.3 is 0 Å². The SMILES string of the molecule is CNc1ccncc1C(=O)N(C)CCO. The largest absolute Gasteiger partial charge is 0.395 e. The van der Waals surface area contributed by atoms with Crippen molar-refractivity contribution in [3.63, 3.8) is 0 Å². The summed E-state index contributed by atoms with van der Waals surface area (Å²) in [6.45, 7) is 0.272. The lowest BCUT2D eigenvalue weighted by molar-refractivity contribution is 0.0767. The Labute approximate surface area is 88.7 Å². The van der Waals surface area contributed by atoms with Gasteiger partial charge in [0.25, 0.3) is 5.91 Å². The van der Waals surface area contributed by atoms with Crippen LogP contribution in [-0.4, -0.2) is 48.1 Å². The van der Waals surface area contributed by atoms with Gasteiger partial charge in [0.15, 0.2) is 0 Å². The van der Waals surface area contributed by atoms with Crippen LogP contribution >= 0.6 is 0 Å². The van der Waals surface area contributed by atoms with Crippen LogP contribution in [0.4, 0.5) is 5.69 Å². The number of aliphatic hydroxyl groups is 1. The molecule has 1 amide bonds. The fourth-order valence-electron chi connectivity index (χ4n) is 1.24. The standard InChI is InChI=1S/C10H15N3O2/c1-11-9-3-4-12-7-8(9)10(15)13(2)5-6-14/h3-4,7,14H,5-6H2,1-2H3,(H,11,12). The Morgan fingerprint density at radius 2 is 2.40 bits per heavy atom. The number of carbonyl (C=O) groups excluding carboxylic acids is 1. The van der Waals surface area contributed by atoms with Crippen molar-refractivity contribution in [2.75, 3.05) is 32.6 Å². The van der Waals surface area contributed by atoms with Crippen molar-refractivity contribution in [2.24, 2.45) is 0 Å². The van der Waals surface area contributed by atoms with Gasteiger partial charge in [-0.2, -0.15) is 0 Å². The first-order chi connectivity index (χ1) is 7.20. The lowest BCUT2D eigenvalue weighted by Gasteiger charge is -2.17. The van der Waals surface area contributed by atoms with Crippen LogP contribution in [0.3, 0.4) is 0 Å². The number of aliphatic hydroxyl groups excluding tert-OH is 1. The van der Waals surface area contributed by atoms with Gasteiger partial charge in [-0.15, -0.1) is 0 Å². The number of pyridine rings is 1. The molecule has 82 valence electrons. The first kappa shape index (κ1) is 11.5. The molecule has 0 bridgehead atoms. The van der Waals surface area contributed by atoms with Crippen LogP contribution in [0.25, 0.3) is 0 Å². The second kappa shape index (κ2) is 5.31. The summed E-state index contributed by atoms with van der Waals surface area (Å²) in [7, 11) is 3.39. The number of anilines is 1. The Hall–Kier alpha value is -1.62. The smallest absolute Gasteiger partial charge is 0.257 e. The van der Waals surface area contributed by atoms with E-state index in [1.807, 2.05) is 0 Å². The molecule has 0 aliphatic carbocycles. The maximum atomic E-state index is 11.8. The lowest BCUT2D eigenvalue weighted by atomic mass is 10.2. The average molecular weight is 209 g/mol. The van der Waals surface area contributed by atoms with E-state index < -0.39 is 0 Å². The van der Waals surface area contributed by atoms with E-state index in [4.69, 9.17) is 5.11 Å². The molecule has 0 atom stereocenters. The third-order valence-electron chi connectivity index (χ3n) is 2.10. The zero-order valence-electron chi connectivity index (χ0n) is 8.90. The highest BCUT2D eigenvalue weighted by molar-refractivity contribution is 5.99. The molecule has 1 aromatic rings. The summed E-state index contributed by atoms with van der Waals surface area (Å²) >= 11 is 0. The third kappa shape index (κ3) is 2.66. The topological polar surface area (TPSA) is 65.5 Å². The molecule has 0 saturated carbocycles. The van der Waals surface area contributed by atoms with E-state index in [-0.39, 0.29) is 12.5 Å². The Kier molecular flexibility index (Phi) is 4.05. The molecule has 0 aliphatic rings. The fraction of sp³-hybridized carbons (Fsp3) is 0.400. The van der Waals surface area contributed by atoms with Gasteiger partial charge in [0, 0.05) is 38.7 Å². The van der Waals surface area contributed by atoms with Crippen molar-refractivity contribution in [3.05, 3.63) is 24.0 Å². The minimum absolute atomic E-state index is 0.0443. The van der Waals surface area contributed by atoms with Crippen LogP contribution in [0.5, 0.6) is 0 Å². The average Bonchev–Trinajstić information content (AvgIpc) is 2.28. The van der Waals surface area contributed by atoms with Crippen molar-refractivity contribution in [1.29, 1.82) is 0 Å². The van der Waals surface area contributed by atoms with Crippen molar-refractivity contribution in [3.8, 4) is 0 Å². The minimum atomic E-state index is -0.151. The summed E-state index contributed by atoms with van der Waals surface area (Å²) in [5.74, 6) is -0.151.